The Morgan fingerprint density at radius 2 is 2.22 bits per heavy atom. The summed E-state index contributed by atoms with van der Waals surface area (Å²) in [5, 5.41) is 0.758. The molecule has 0 radical (unpaired) electrons. The SMILES string of the molecule is C=S(CCN)[C@H](C)CC. The molecule has 0 aromatic rings. The minimum atomic E-state index is 0.310. The highest BCUT2D eigenvalue weighted by atomic mass is 32.2. The molecule has 0 saturated carbocycles. The van der Waals surface area contributed by atoms with E-state index in [0.29, 0.717) is 10.5 Å². The highest BCUT2D eigenvalue weighted by molar-refractivity contribution is 8.14. The molecule has 0 amide bonds. The Kier molecular flexibility index (Phi) is 5.10. The van der Waals surface area contributed by atoms with Gasteiger partial charge in [0, 0.05) is 12.3 Å². The Hall–Kier alpha value is 0.180. The molecule has 0 aromatic heterocycles. The second-order valence-corrected chi connectivity index (χ2v) is 4.54. The van der Waals surface area contributed by atoms with Gasteiger partial charge in [-0.1, -0.05) is 19.7 Å². The first-order chi connectivity index (χ1) is 4.22. The average molecular weight is 147 g/mol. The number of hydrogen-bond donors (Lipinski definition) is 1. The summed E-state index contributed by atoms with van der Waals surface area (Å²) in [6.07, 6.45) is 1.23. The van der Waals surface area contributed by atoms with Gasteiger partial charge in [0.1, 0.15) is 0 Å². The summed E-state index contributed by atoms with van der Waals surface area (Å²) < 4.78 is 0. The third kappa shape index (κ3) is 3.71. The molecular weight excluding hydrogens is 130 g/mol. The molecule has 0 bridgehead atoms. The minimum Gasteiger partial charge on any atom is -0.330 e. The van der Waals surface area contributed by atoms with Crippen molar-refractivity contribution in [2.45, 2.75) is 25.5 Å². The van der Waals surface area contributed by atoms with Gasteiger partial charge in [-0.2, -0.15) is 10.5 Å². The molecule has 0 aromatic carbocycles. The van der Waals surface area contributed by atoms with Crippen LogP contribution in [0.25, 0.3) is 0 Å². The van der Waals surface area contributed by atoms with Crippen molar-refractivity contribution in [3.8, 4) is 0 Å². The van der Waals surface area contributed by atoms with Gasteiger partial charge in [0.05, 0.1) is 0 Å². The third-order valence-corrected chi connectivity index (χ3v) is 3.76. The van der Waals surface area contributed by atoms with Gasteiger partial charge < -0.3 is 5.73 Å². The van der Waals surface area contributed by atoms with E-state index in [9.17, 15) is 0 Å². The lowest BCUT2D eigenvalue weighted by atomic mass is 10.4. The molecule has 0 aliphatic carbocycles. The molecule has 0 aliphatic rings. The molecule has 2 N–H and O–H groups in total. The van der Waals surface area contributed by atoms with Crippen LogP contribution in [0.5, 0.6) is 0 Å². The molecule has 1 nitrogen and oxygen atoms in total. The summed E-state index contributed by atoms with van der Waals surface area (Å²) in [7, 11) is 0.310. The van der Waals surface area contributed by atoms with Crippen LogP contribution in [0.15, 0.2) is 0 Å². The van der Waals surface area contributed by atoms with Crippen LogP contribution in [0, 0.1) is 0 Å². The normalized spacial score (nSPS) is 17.2. The maximum atomic E-state index is 5.39. The standard InChI is InChI=1S/C7H17NS/c1-4-7(2)9(3)6-5-8/h7H,3-6,8H2,1-2H3/t7-,9?/m1/s1. The maximum Gasteiger partial charge on any atom is 0.000922 e. The lowest BCUT2D eigenvalue weighted by Crippen LogP contribution is -2.07. The molecule has 9 heavy (non-hydrogen) atoms. The largest absolute Gasteiger partial charge is 0.330 e. The molecule has 2 heteroatoms. The third-order valence-electron chi connectivity index (χ3n) is 1.52. The van der Waals surface area contributed by atoms with Crippen molar-refractivity contribution in [3.63, 3.8) is 0 Å². The lowest BCUT2D eigenvalue weighted by molar-refractivity contribution is 0.902. The van der Waals surface area contributed by atoms with Crippen LogP contribution in [0.2, 0.25) is 0 Å². The zero-order valence-electron chi connectivity index (χ0n) is 6.39. The molecule has 0 aliphatic heterocycles. The highest BCUT2D eigenvalue weighted by Gasteiger charge is 1.99. The van der Waals surface area contributed by atoms with E-state index in [1.807, 2.05) is 0 Å². The predicted octanol–water partition coefficient (Wildman–Crippen LogP) is 1.44. The van der Waals surface area contributed by atoms with Crippen molar-refractivity contribution in [1.29, 1.82) is 0 Å². The molecule has 56 valence electrons. The Balaban J connectivity index is 3.46. The first-order valence-corrected chi connectivity index (χ1v) is 5.04. The van der Waals surface area contributed by atoms with Crippen LogP contribution in [0.4, 0.5) is 0 Å². The smallest absolute Gasteiger partial charge is 0.000922 e. The monoisotopic (exact) mass is 147 g/mol. The zero-order valence-corrected chi connectivity index (χ0v) is 7.21. The van der Waals surface area contributed by atoms with E-state index >= 15 is 0 Å². The van der Waals surface area contributed by atoms with Crippen LogP contribution >= 0.6 is 10.5 Å². The molecule has 1 unspecified atom stereocenters. The molecule has 0 spiro atoms. The molecule has 0 heterocycles. The van der Waals surface area contributed by atoms with Gasteiger partial charge in [0.25, 0.3) is 0 Å². The van der Waals surface area contributed by atoms with Crippen molar-refractivity contribution in [1.82, 2.24) is 0 Å². The van der Waals surface area contributed by atoms with E-state index in [1.54, 1.807) is 0 Å². The molecular formula is C7H17NS. The van der Waals surface area contributed by atoms with Crippen molar-refractivity contribution in [2.75, 3.05) is 12.3 Å². The van der Waals surface area contributed by atoms with E-state index in [4.69, 9.17) is 5.73 Å². The topological polar surface area (TPSA) is 26.0 Å². The second-order valence-electron chi connectivity index (χ2n) is 2.25. The molecule has 0 rings (SSSR count). The first kappa shape index (κ1) is 9.18. The zero-order chi connectivity index (χ0) is 7.28. The van der Waals surface area contributed by atoms with E-state index in [1.165, 1.54) is 6.42 Å². The van der Waals surface area contributed by atoms with Gasteiger partial charge in [-0.15, -0.1) is 0 Å². The number of hydrogen-bond acceptors (Lipinski definition) is 1. The van der Waals surface area contributed by atoms with Crippen LogP contribution < -0.4 is 5.73 Å². The van der Waals surface area contributed by atoms with Crippen molar-refractivity contribution >= 4 is 16.4 Å². The van der Waals surface area contributed by atoms with Gasteiger partial charge in [-0.25, -0.2) is 0 Å². The van der Waals surface area contributed by atoms with Crippen molar-refractivity contribution < 1.29 is 0 Å². The van der Waals surface area contributed by atoms with Gasteiger partial charge in [-0.3, -0.25) is 0 Å². The van der Waals surface area contributed by atoms with E-state index in [-0.39, 0.29) is 0 Å². The summed E-state index contributed by atoms with van der Waals surface area (Å²) in [5.74, 6) is 5.14. The van der Waals surface area contributed by atoms with Crippen LogP contribution in [0.1, 0.15) is 20.3 Å². The van der Waals surface area contributed by atoms with Crippen LogP contribution in [0.3, 0.4) is 0 Å². The summed E-state index contributed by atoms with van der Waals surface area (Å²) in [5.41, 5.74) is 5.39. The van der Waals surface area contributed by atoms with Crippen molar-refractivity contribution in [2.24, 2.45) is 5.73 Å². The van der Waals surface area contributed by atoms with E-state index in [0.717, 1.165) is 17.5 Å². The van der Waals surface area contributed by atoms with Crippen LogP contribution in [-0.4, -0.2) is 23.4 Å². The van der Waals surface area contributed by atoms with E-state index < -0.39 is 0 Å². The Morgan fingerprint density at radius 1 is 1.67 bits per heavy atom. The summed E-state index contributed by atoms with van der Waals surface area (Å²) in [6.45, 7) is 5.23. The lowest BCUT2D eigenvalue weighted by Gasteiger charge is -2.12. The Morgan fingerprint density at radius 3 is 2.56 bits per heavy atom. The summed E-state index contributed by atoms with van der Waals surface area (Å²) in [4.78, 5) is 0. The number of nitrogens with two attached hydrogens (primary N) is 1. The first-order valence-electron chi connectivity index (χ1n) is 3.41. The fourth-order valence-corrected chi connectivity index (χ4v) is 1.76. The Bertz CT molecular complexity index is 90.9. The van der Waals surface area contributed by atoms with Crippen LogP contribution in [-0.2, 0) is 0 Å². The van der Waals surface area contributed by atoms with Gasteiger partial charge >= 0.3 is 0 Å². The summed E-state index contributed by atoms with van der Waals surface area (Å²) >= 11 is 0. The predicted molar refractivity (Wildman–Crippen MR) is 48.4 cm³/mol. The molecule has 2 atom stereocenters. The molecule has 0 fully saturated rings. The van der Waals surface area contributed by atoms with Gasteiger partial charge in [0.15, 0.2) is 0 Å². The van der Waals surface area contributed by atoms with E-state index in [2.05, 4.69) is 19.7 Å². The fraction of sp³-hybridized carbons (Fsp3) is 0.857. The maximum absolute atomic E-state index is 5.39. The Labute approximate surface area is 60.6 Å². The molecule has 0 saturated heterocycles. The van der Waals surface area contributed by atoms with Crippen molar-refractivity contribution in [3.05, 3.63) is 0 Å². The average Bonchev–Trinajstić information content (AvgIpc) is 1.87. The quantitative estimate of drug-likeness (QED) is 0.598. The fourth-order valence-electron chi connectivity index (χ4n) is 0.588. The minimum absolute atomic E-state index is 0.310. The van der Waals surface area contributed by atoms with Gasteiger partial charge in [-0.05, 0) is 11.7 Å². The second kappa shape index (κ2) is 5.00. The number of rotatable bonds is 4. The highest BCUT2D eigenvalue weighted by Crippen LogP contribution is 2.18. The van der Waals surface area contributed by atoms with Gasteiger partial charge in [0.2, 0.25) is 0 Å². The summed E-state index contributed by atoms with van der Waals surface area (Å²) in [6, 6.07) is 0.